The summed E-state index contributed by atoms with van der Waals surface area (Å²) < 4.78 is 0. The molecule has 0 aliphatic carbocycles. The van der Waals surface area contributed by atoms with Gasteiger partial charge in [-0.1, -0.05) is 13.0 Å². The Kier molecular flexibility index (Phi) is 6.34. The summed E-state index contributed by atoms with van der Waals surface area (Å²) in [5, 5.41) is 0. The fraction of sp³-hybridized carbons (Fsp3) is 0.714. The van der Waals surface area contributed by atoms with Crippen LogP contribution in [0.2, 0.25) is 0 Å². The van der Waals surface area contributed by atoms with Crippen LogP contribution in [-0.2, 0) is 0 Å². The molecular weight excluding hydrogens is 129 g/mol. The summed E-state index contributed by atoms with van der Waals surface area (Å²) in [6.07, 6.45) is 4.38. The van der Waals surface area contributed by atoms with E-state index in [1.807, 2.05) is 6.08 Å². The summed E-state index contributed by atoms with van der Waals surface area (Å²) in [6, 6.07) is 0. The highest BCUT2D eigenvalue weighted by Crippen LogP contribution is 2.17. The predicted molar refractivity (Wildman–Crippen MR) is 46.5 cm³/mol. The van der Waals surface area contributed by atoms with Gasteiger partial charge >= 0.3 is 0 Å². The van der Waals surface area contributed by atoms with E-state index in [4.69, 9.17) is 5.73 Å². The topological polar surface area (TPSA) is 26.0 Å². The van der Waals surface area contributed by atoms with Crippen molar-refractivity contribution in [1.29, 1.82) is 0 Å². The molecule has 0 rings (SSSR count). The SMILES string of the molecule is C=CCCPC(C)CN. The van der Waals surface area contributed by atoms with Crippen LogP contribution < -0.4 is 5.73 Å². The first-order chi connectivity index (χ1) is 4.31. The molecule has 2 heteroatoms. The van der Waals surface area contributed by atoms with Crippen LogP contribution in [0, 0.1) is 0 Å². The molecule has 54 valence electrons. The maximum Gasteiger partial charge on any atom is -0.00144 e. The highest BCUT2D eigenvalue weighted by Gasteiger charge is 1.94. The molecule has 0 fully saturated rings. The second-order valence-corrected chi connectivity index (χ2v) is 4.06. The van der Waals surface area contributed by atoms with Gasteiger partial charge in [0.25, 0.3) is 0 Å². The van der Waals surface area contributed by atoms with Crippen molar-refractivity contribution in [3.63, 3.8) is 0 Å². The van der Waals surface area contributed by atoms with Crippen LogP contribution in [0.3, 0.4) is 0 Å². The molecule has 0 aromatic carbocycles. The third-order valence-electron chi connectivity index (χ3n) is 1.19. The summed E-state index contributed by atoms with van der Waals surface area (Å²) in [7, 11) is 1.02. The standard InChI is InChI=1S/C7H16NP/c1-3-4-5-9-7(2)6-8/h3,7,9H,1,4-6,8H2,2H3. The van der Waals surface area contributed by atoms with Crippen LogP contribution in [0.25, 0.3) is 0 Å². The first-order valence-corrected chi connectivity index (χ1v) is 4.64. The minimum Gasteiger partial charge on any atom is -0.330 e. The van der Waals surface area contributed by atoms with Gasteiger partial charge in [-0.25, -0.2) is 0 Å². The van der Waals surface area contributed by atoms with Crippen LogP contribution in [0.4, 0.5) is 0 Å². The van der Waals surface area contributed by atoms with E-state index in [1.165, 1.54) is 6.16 Å². The number of rotatable bonds is 5. The van der Waals surface area contributed by atoms with Gasteiger partial charge in [0, 0.05) is 0 Å². The normalized spacial score (nSPS) is 14.4. The van der Waals surface area contributed by atoms with Gasteiger partial charge in [-0.15, -0.1) is 15.2 Å². The first-order valence-electron chi connectivity index (χ1n) is 3.35. The van der Waals surface area contributed by atoms with E-state index >= 15 is 0 Å². The summed E-state index contributed by atoms with van der Waals surface area (Å²) in [5.74, 6) is 0. The Morgan fingerprint density at radius 3 is 2.89 bits per heavy atom. The van der Waals surface area contributed by atoms with E-state index in [1.54, 1.807) is 0 Å². The van der Waals surface area contributed by atoms with E-state index < -0.39 is 0 Å². The highest BCUT2D eigenvalue weighted by atomic mass is 31.1. The van der Waals surface area contributed by atoms with Crippen LogP contribution in [0.5, 0.6) is 0 Å². The van der Waals surface area contributed by atoms with E-state index in [0.29, 0.717) is 5.66 Å². The van der Waals surface area contributed by atoms with Gasteiger partial charge in [0.1, 0.15) is 0 Å². The molecule has 0 aromatic rings. The van der Waals surface area contributed by atoms with Gasteiger partial charge in [0.2, 0.25) is 0 Å². The molecule has 0 aromatic heterocycles. The number of hydrogen-bond donors (Lipinski definition) is 1. The Bertz CT molecular complexity index is 73.3. The van der Waals surface area contributed by atoms with Gasteiger partial charge in [-0.3, -0.25) is 0 Å². The van der Waals surface area contributed by atoms with Crippen molar-refractivity contribution in [2.24, 2.45) is 5.73 Å². The van der Waals surface area contributed by atoms with Crippen LogP contribution in [0.15, 0.2) is 12.7 Å². The fourth-order valence-corrected chi connectivity index (χ4v) is 1.55. The van der Waals surface area contributed by atoms with E-state index in [9.17, 15) is 0 Å². The Balaban J connectivity index is 2.96. The van der Waals surface area contributed by atoms with Gasteiger partial charge in [-0.05, 0) is 24.8 Å². The lowest BCUT2D eigenvalue weighted by molar-refractivity contribution is 0.941. The zero-order valence-electron chi connectivity index (χ0n) is 6.06. The first kappa shape index (κ1) is 9.13. The quantitative estimate of drug-likeness (QED) is 0.355. The maximum atomic E-state index is 5.44. The van der Waals surface area contributed by atoms with Crippen molar-refractivity contribution in [2.75, 3.05) is 12.7 Å². The Morgan fingerprint density at radius 2 is 2.44 bits per heavy atom. The molecule has 2 atom stereocenters. The van der Waals surface area contributed by atoms with Crippen molar-refractivity contribution in [3.05, 3.63) is 12.7 Å². The lowest BCUT2D eigenvalue weighted by Gasteiger charge is -2.05. The van der Waals surface area contributed by atoms with Crippen molar-refractivity contribution in [1.82, 2.24) is 0 Å². The van der Waals surface area contributed by atoms with E-state index in [2.05, 4.69) is 13.5 Å². The van der Waals surface area contributed by atoms with Crippen molar-refractivity contribution < 1.29 is 0 Å². The van der Waals surface area contributed by atoms with Crippen LogP contribution >= 0.6 is 8.58 Å². The predicted octanol–water partition coefficient (Wildman–Crippen LogP) is 1.59. The summed E-state index contributed by atoms with van der Waals surface area (Å²) in [4.78, 5) is 0. The maximum absolute atomic E-state index is 5.44. The second kappa shape index (κ2) is 6.25. The average molecular weight is 145 g/mol. The molecule has 0 radical (unpaired) electrons. The lowest BCUT2D eigenvalue weighted by atomic mass is 10.5. The van der Waals surface area contributed by atoms with Gasteiger partial charge in [0.15, 0.2) is 0 Å². The third-order valence-corrected chi connectivity index (χ3v) is 2.70. The Labute approximate surface area is 59.5 Å². The molecule has 0 amide bonds. The minimum atomic E-state index is 0.713. The highest BCUT2D eigenvalue weighted by molar-refractivity contribution is 7.38. The Hall–Kier alpha value is 0.130. The number of allylic oxidation sites excluding steroid dienone is 1. The monoisotopic (exact) mass is 145 g/mol. The van der Waals surface area contributed by atoms with Crippen LogP contribution in [-0.4, -0.2) is 18.4 Å². The smallest absolute Gasteiger partial charge is 0.00144 e. The zero-order chi connectivity index (χ0) is 7.11. The summed E-state index contributed by atoms with van der Waals surface area (Å²) >= 11 is 0. The average Bonchev–Trinajstić information content (AvgIpc) is 1.89. The van der Waals surface area contributed by atoms with E-state index in [-0.39, 0.29) is 0 Å². The molecular formula is C7H16NP. The molecule has 1 nitrogen and oxygen atoms in total. The fourth-order valence-electron chi connectivity index (χ4n) is 0.515. The van der Waals surface area contributed by atoms with Gasteiger partial charge in [0.05, 0.1) is 0 Å². The van der Waals surface area contributed by atoms with Crippen molar-refractivity contribution in [3.8, 4) is 0 Å². The molecule has 0 heterocycles. The molecule has 0 bridgehead atoms. The molecule has 0 aliphatic heterocycles. The van der Waals surface area contributed by atoms with E-state index in [0.717, 1.165) is 21.5 Å². The molecule has 0 spiro atoms. The largest absolute Gasteiger partial charge is 0.330 e. The van der Waals surface area contributed by atoms with Crippen LogP contribution in [0.1, 0.15) is 13.3 Å². The zero-order valence-corrected chi connectivity index (χ0v) is 7.06. The number of nitrogens with two attached hydrogens (primary N) is 1. The van der Waals surface area contributed by atoms with Gasteiger partial charge in [-0.2, -0.15) is 0 Å². The lowest BCUT2D eigenvalue weighted by Crippen LogP contribution is -2.11. The molecule has 9 heavy (non-hydrogen) atoms. The summed E-state index contributed by atoms with van der Waals surface area (Å²) in [5.41, 5.74) is 6.15. The second-order valence-electron chi connectivity index (χ2n) is 2.17. The van der Waals surface area contributed by atoms with Crippen molar-refractivity contribution in [2.45, 2.75) is 19.0 Å². The molecule has 0 saturated carbocycles. The minimum absolute atomic E-state index is 0.713. The Morgan fingerprint density at radius 1 is 1.78 bits per heavy atom. The number of hydrogen-bond acceptors (Lipinski definition) is 1. The van der Waals surface area contributed by atoms with Crippen molar-refractivity contribution >= 4 is 8.58 Å². The van der Waals surface area contributed by atoms with Gasteiger partial charge < -0.3 is 5.73 Å². The molecule has 0 saturated heterocycles. The third kappa shape index (κ3) is 6.01. The summed E-state index contributed by atoms with van der Waals surface area (Å²) in [6.45, 7) is 6.68. The molecule has 0 aliphatic rings. The molecule has 2 N–H and O–H groups in total. The molecule has 2 unspecified atom stereocenters.